The first-order chi connectivity index (χ1) is 28.4. The lowest BCUT2D eigenvalue weighted by atomic mass is 10.5. The Hall–Kier alpha value is -5.16. The van der Waals surface area contributed by atoms with Gasteiger partial charge < -0.3 is 0 Å². The molecule has 0 spiro atoms. The summed E-state index contributed by atoms with van der Waals surface area (Å²) in [7, 11) is -20.2. The molecular formula is C30H36F6N6O12P6+6. The third-order valence-electron chi connectivity index (χ3n) is 3.40. The van der Waals surface area contributed by atoms with Crippen molar-refractivity contribution >= 4 is 50.0 Å². The highest BCUT2D eigenvalue weighted by Gasteiger charge is 2.01. The molecule has 6 unspecified atom stereocenters. The summed E-state index contributed by atoms with van der Waals surface area (Å²) in [5.41, 5.74) is 0. The molecule has 18 nitrogen and oxygen atoms in total. The van der Waals surface area contributed by atoms with Crippen molar-refractivity contribution in [2.24, 2.45) is 0 Å². The third kappa shape index (κ3) is 149. The van der Waals surface area contributed by atoms with Gasteiger partial charge in [-0.3, -0.25) is 29.9 Å². The zero-order valence-electron chi connectivity index (χ0n) is 30.1. The van der Waals surface area contributed by atoms with Crippen LogP contribution in [0.1, 0.15) is 0 Å². The van der Waals surface area contributed by atoms with E-state index < -0.39 is 50.0 Å². The van der Waals surface area contributed by atoms with Crippen LogP contribution in [0.2, 0.25) is 0 Å². The van der Waals surface area contributed by atoms with E-state index >= 15 is 0 Å². The monoisotopic (exact) mass is 972 g/mol. The van der Waals surface area contributed by atoms with Crippen LogP contribution in [-0.4, -0.2) is 59.3 Å². The normalized spacial score (nSPS) is 9.20. The lowest BCUT2D eigenvalue weighted by Crippen LogP contribution is -1.58. The minimum Gasteiger partial charge on any atom is -0.265 e. The topological polar surface area (TPSA) is 301 Å². The first kappa shape index (κ1) is 66.6. The van der Waals surface area contributed by atoms with E-state index in [1.54, 1.807) is 74.4 Å². The van der Waals surface area contributed by atoms with Gasteiger partial charge in [-0.05, 0) is 72.8 Å². The molecule has 6 heterocycles. The van der Waals surface area contributed by atoms with Crippen LogP contribution in [0.4, 0.5) is 25.2 Å². The molecule has 0 aliphatic heterocycles. The predicted molar refractivity (Wildman–Crippen MR) is 211 cm³/mol. The maximum absolute atomic E-state index is 10.1. The van der Waals surface area contributed by atoms with Gasteiger partial charge in [0.25, 0.3) is 0 Å². The summed E-state index contributed by atoms with van der Waals surface area (Å²) in [6.45, 7) is 0. The summed E-state index contributed by atoms with van der Waals surface area (Å²) in [6, 6.07) is 34.3. The van der Waals surface area contributed by atoms with E-state index in [0.29, 0.717) is 0 Å². The van der Waals surface area contributed by atoms with Gasteiger partial charge in [-0.2, -0.15) is 0 Å². The summed E-state index contributed by atoms with van der Waals surface area (Å²) in [5, 5.41) is 0. The SMILES string of the molecule is O=[P+](O)F.O=[P+](O)F.O=[P+](O)F.O=[P+](O)F.O=[P+](O)F.O=[P+](O)F.c1ccncc1.c1ccncc1.c1ccncc1.c1ccncc1.c1ccncc1.c1ccncc1. The Morgan fingerprint density at radius 1 is 0.217 bits per heavy atom. The number of halogens is 6. The summed E-state index contributed by atoms with van der Waals surface area (Å²) in [6.07, 6.45) is 21.0. The molecule has 0 aliphatic carbocycles. The van der Waals surface area contributed by atoms with Gasteiger partial charge in [-0.15, -0.1) is 29.4 Å². The maximum atomic E-state index is 10.1. The average Bonchev–Trinajstić information content (AvgIpc) is 3.22. The van der Waals surface area contributed by atoms with Crippen LogP contribution < -0.4 is 0 Å². The van der Waals surface area contributed by atoms with Gasteiger partial charge in [-0.25, -0.2) is 0 Å². The first-order valence-electron chi connectivity index (χ1n) is 14.4. The zero-order chi connectivity index (χ0) is 46.9. The quantitative estimate of drug-likeness (QED) is 0.0609. The largest absolute Gasteiger partial charge is 0.743 e. The number of rotatable bonds is 0. The molecule has 6 atom stereocenters. The van der Waals surface area contributed by atoms with E-state index in [2.05, 4.69) is 29.9 Å². The molecule has 0 amide bonds. The molecule has 0 bridgehead atoms. The second-order valence-electron chi connectivity index (χ2n) is 7.50. The van der Waals surface area contributed by atoms with Crippen LogP contribution >= 0.6 is 50.0 Å². The molecule has 0 fully saturated rings. The number of pyridine rings is 6. The van der Waals surface area contributed by atoms with Gasteiger partial charge in [0.05, 0.1) is 25.2 Å². The third-order valence-corrected chi connectivity index (χ3v) is 3.40. The second kappa shape index (κ2) is 63.0. The Kier molecular flexibility index (Phi) is 70.0. The fourth-order valence-electron chi connectivity index (χ4n) is 1.88. The first-order valence-corrected chi connectivity index (χ1v) is 21.0. The lowest BCUT2D eigenvalue weighted by Gasteiger charge is -1.70. The Morgan fingerprint density at radius 2 is 0.283 bits per heavy atom. The highest BCUT2D eigenvalue weighted by molar-refractivity contribution is 7.32. The van der Waals surface area contributed by atoms with Gasteiger partial charge in [0.15, 0.2) is 0 Å². The Morgan fingerprint density at radius 3 is 0.300 bits per heavy atom. The molecule has 60 heavy (non-hydrogen) atoms. The Bertz CT molecular complexity index is 1250. The Labute approximate surface area is 344 Å². The van der Waals surface area contributed by atoms with Crippen molar-refractivity contribution in [3.63, 3.8) is 0 Å². The van der Waals surface area contributed by atoms with Gasteiger partial charge in [-0.1, -0.05) is 36.4 Å². The standard InChI is InChI=1S/6C5H5N.6FO2P/c6*1-2-4-6-5-3-1;6*1-4(2)3/h6*1-5H;;;;;;/p+6. The van der Waals surface area contributed by atoms with Crippen molar-refractivity contribution in [2.45, 2.75) is 0 Å². The van der Waals surface area contributed by atoms with Crippen molar-refractivity contribution < 1.29 is 81.9 Å². The van der Waals surface area contributed by atoms with E-state index in [4.69, 9.17) is 56.8 Å². The van der Waals surface area contributed by atoms with Crippen LogP contribution in [0.25, 0.3) is 0 Å². The molecule has 30 heteroatoms. The molecule has 0 aliphatic rings. The van der Waals surface area contributed by atoms with Gasteiger partial charge in [0.1, 0.15) is 0 Å². The summed E-state index contributed by atoms with van der Waals surface area (Å²) in [4.78, 5) is 64.1. The van der Waals surface area contributed by atoms with Crippen LogP contribution in [-0.2, 0) is 27.4 Å². The second-order valence-corrected chi connectivity index (χ2v) is 10.2. The van der Waals surface area contributed by atoms with Gasteiger partial charge in [0.2, 0.25) is 0 Å². The molecule has 6 aromatic rings. The van der Waals surface area contributed by atoms with E-state index in [1.165, 1.54) is 0 Å². The molecule has 0 saturated heterocycles. The van der Waals surface area contributed by atoms with E-state index in [-0.39, 0.29) is 0 Å². The number of aromatic nitrogens is 6. The molecular weight excluding hydrogens is 936 g/mol. The van der Waals surface area contributed by atoms with Crippen LogP contribution in [0, 0.1) is 0 Å². The minimum absolute atomic E-state index is 1.75. The highest BCUT2D eigenvalue weighted by Crippen LogP contribution is 2.12. The number of hydrogen-bond acceptors (Lipinski definition) is 12. The highest BCUT2D eigenvalue weighted by atomic mass is 31.2. The maximum Gasteiger partial charge on any atom is 0.743 e. The predicted octanol–water partition coefficient (Wildman–Crippen LogP) is 10.1. The summed E-state index contributed by atoms with van der Waals surface area (Å²) < 4.78 is 111. The van der Waals surface area contributed by atoms with Crippen molar-refractivity contribution in [3.8, 4) is 0 Å². The van der Waals surface area contributed by atoms with Crippen molar-refractivity contribution in [2.75, 3.05) is 0 Å². The van der Waals surface area contributed by atoms with Crippen molar-refractivity contribution in [3.05, 3.63) is 184 Å². The van der Waals surface area contributed by atoms with E-state index in [0.717, 1.165) is 0 Å². The summed E-state index contributed by atoms with van der Waals surface area (Å²) in [5.74, 6) is 0. The fraction of sp³-hybridized carbons (Fsp3) is 0. The van der Waals surface area contributed by atoms with Crippen LogP contribution in [0.3, 0.4) is 0 Å². The molecule has 6 rings (SSSR count). The molecule has 6 aromatic heterocycles. The smallest absolute Gasteiger partial charge is 0.265 e. The van der Waals surface area contributed by atoms with E-state index in [1.807, 2.05) is 109 Å². The Balaban J connectivity index is -0.000000133. The molecule has 6 N–H and O–H groups in total. The van der Waals surface area contributed by atoms with Crippen LogP contribution in [0.5, 0.6) is 0 Å². The average molecular weight is 972 g/mol. The molecule has 0 radical (unpaired) electrons. The fourth-order valence-corrected chi connectivity index (χ4v) is 1.88. The summed E-state index contributed by atoms with van der Waals surface area (Å²) >= 11 is 0. The molecule has 0 saturated carbocycles. The van der Waals surface area contributed by atoms with Gasteiger partial charge >= 0.3 is 50.0 Å². The van der Waals surface area contributed by atoms with Crippen molar-refractivity contribution in [1.82, 2.24) is 29.9 Å². The lowest BCUT2D eigenvalue weighted by molar-refractivity contribution is 0.458. The zero-order valence-corrected chi connectivity index (χ0v) is 35.5. The van der Waals surface area contributed by atoms with Crippen molar-refractivity contribution in [1.29, 1.82) is 0 Å². The number of nitrogens with zero attached hydrogens (tertiary/aromatic N) is 6. The minimum atomic E-state index is -3.37. The number of hydrogen-bond donors (Lipinski definition) is 6. The van der Waals surface area contributed by atoms with E-state index in [9.17, 15) is 25.2 Å². The van der Waals surface area contributed by atoms with Crippen LogP contribution in [0.15, 0.2) is 184 Å². The van der Waals surface area contributed by atoms with Gasteiger partial charge in [0, 0.05) is 102 Å². The molecule has 0 aromatic carbocycles. The molecule has 324 valence electrons.